The third kappa shape index (κ3) is 8.10. The van der Waals surface area contributed by atoms with Crippen molar-refractivity contribution in [2.45, 2.75) is 52.1 Å². The van der Waals surface area contributed by atoms with E-state index in [2.05, 4.69) is 12.1 Å². The lowest BCUT2D eigenvalue weighted by Gasteiger charge is -2.13. The molecule has 6 nitrogen and oxygen atoms in total. The third-order valence-corrected chi connectivity index (χ3v) is 5.04. The Bertz CT molecular complexity index is 904. The zero-order valence-corrected chi connectivity index (χ0v) is 19.0. The van der Waals surface area contributed by atoms with Crippen LogP contribution in [0.15, 0.2) is 54.1 Å². The number of esters is 1. The molecule has 1 atom stereocenters. The summed E-state index contributed by atoms with van der Waals surface area (Å²) < 4.78 is 16.4. The smallest absolute Gasteiger partial charge is 0.345 e. The standard InChI is InChI=1S/C26H32O6/c1-4-19(2)32-26(29)22(25(27)28)17-21-14-15-23(30-3)24(18-21)31-16-10-6-9-13-20-11-7-5-8-12-20/h5,7-8,11-12,14-15,17-19H,4,6,9-10,13,16H2,1-3H3,(H,27,28). The van der Waals surface area contributed by atoms with E-state index in [-0.39, 0.29) is 6.10 Å². The molecule has 0 spiro atoms. The van der Waals surface area contributed by atoms with Crippen LogP contribution in [0.25, 0.3) is 6.08 Å². The fourth-order valence-corrected chi connectivity index (χ4v) is 3.03. The zero-order chi connectivity index (χ0) is 23.3. The van der Waals surface area contributed by atoms with Gasteiger partial charge in [-0.2, -0.15) is 0 Å². The highest BCUT2D eigenvalue weighted by molar-refractivity contribution is 6.17. The van der Waals surface area contributed by atoms with Crippen LogP contribution in [-0.4, -0.2) is 36.9 Å². The maximum atomic E-state index is 12.2. The number of aryl methyl sites for hydroxylation is 1. The molecule has 0 aliphatic rings. The molecule has 0 bridgehead atoms. The molecule has 0 saturated carbocycles. The van der Waals surface area contributed by atoms with Crippen molar-refractivity contribution in [1.82, 2.24) is 0 Å². The van der Waals surface area contributed by atoms with Gasteiger partial charge in [-0.3, -0.25) is 0 Å². The van der Waals surface area contributed by atoms with Gasteiger partial charge in [0.1, 0.15) is 5.57 Å². The predicted octanol–water partition coefficient (Wildman–Crippen LogP) is 5.30. The summed E-state index contributed by atoms with van der Waals surface area (Å²) in [5.41, 5.74) is 1.42. The summed E-state index contributed by atoms with van der Waals surface area (Å²) in [6.07, 6.45) is 5.56. The van der Waals surface area contributed by atoms with E-state index < -0.39 is 17.5 Å². The van der Waals surface area contributed by atoms with Gasteiger partial charge in [-0.25, -0.2) is 9.59 Å². The highest BCUT2D eigenvalue weighted by Crippen LogP contribution is 2.29. The van der Waals surface area contributed by atoms with Crippen molar-refractivity contribution in [2.24, 2.45) is 0 Å². The second-order valence-corrected chi connectivity index (χ2v) is 7.54. The van der Waals surface area contributed by atoms with Crippen molar-refractivity contribution >= 4 is 18.0 Å². The minimum Gasteiger partial charge on any atom is -0.493 e. The summed E-state index contributed by atoms with van der Waals surface area (Å²) in [6, 6.07) is 15.4. The Morgan fingerprint density at radius 1 is 1.03 bits per heavy atom. The largest absolute Gasteiger partial charge is 0.493 e. The van der Waals surface area contributed by atoms with Crippen LogP contribution < -0.4 is 9.47 Å². The number of rotatable bonds is 13. The van der Waals surface area contributed by atoms with E-state index in [9.17, 15) is 14.7 Å². The molecule has 2 aromatic carbocycles. The summed E-state index contributed by atoms with van der Waals surface area (Å²) in [7, 11) is 1.55. The number of carbonyl (C=O) groups is 2. The average Bonchev–Trinajstić information content (AvgIpc) is 2.80. The van der Waals surface area contributed by atoms with Gasteiger partial charge < -0.3 is 19.3 Å². The number of ether oxygens (including phenoxy) is 3. The number of hydrogen-bond donors (Lipinski definition) is 1. The summed E-state index contributed by atoms with van der Waals surface area (Å²) in [4.78, 5) is 23.8. The molecule has 1 N–H and O–H groups in total. The molecule has 32 heavy (non-hydrogen) atoms. The fourth-order valence-electron chi connectivity index (χ4n) is 3.03. The predicted molar refractivity (Wildman–Crippen MR) is 124 cm³/mol. The SMILES string of the molecule is CCC(C)OC(=O)C(=Cc1ccc(OC)c(OCCCCCc2ccccc2)c1)C(=O)O. The van der Waals surface area contributed by atoms with E-state index >= 15 is 0 Å². The average molecular weight is 441 g/mol. The summed E-state index contributed by atoms with van der Waals surface area (Å²) in [6.45, 7) is 4.09. The molecule has 0 amide bonds. The van der Waals surface area contributed by atoms with E-state index in [1.165, 1.54) is 11.6 Å². The topological polar surface area (TPSA) is 82.1 Å². The fraction of sp³-hybridized carbons (Fsp3) is 0.385. The Labute approximate surface area is 189 Å². The number of benzene rings is 2. The van der Waals surface area contributed by atoms with E-state index in [1.54, 1.807) is 32.2 Å². The molecule has 1 unspecified atom stereocenters. The number of carboxylic acid groups (broad SMARTS) is 1. The summed E-state index contributed by atoms with van der Waals surface area (Å²) in [5, 5.41) is 9.44. The lowest BCUT2D eigenvalue weighted by molar-refractivity contribution is -0.147. The molecule has 0 fully saturated rings. The van der Waals surface area contributed by atoms with Crippen molar-refractivity contribution in [3.05, 3.63) is 65.2 Å². The van der Waals surface area contributed by atoms with Crippen molar-refractivity contribution in [2.75, 3.05) is 13.7 Å². The molecule has 0 aromatic heterocycles. The molecule has 2 rings (SSSR count). The van der Waals surface area contributed by atoms with E-state index in [4.69, 9.17) is 14.2 Å². The normalized spacial score (nSPS) is 12.2. The first-order valence-corrected chi connectivity index (χ1v) is 10.9. The number of unbranched alkanes of at least 4 members (excludes halogenated alkanes) is 2. The third-order valence-electron chi connectivity index (χ3n) is 5.04. The van der Waals surface area contributed by atoms with Gasteiger partial charge in [0, 0.05) is 0 Å². The molecule has 0 aliphatic carbocycles. The lowest BCUT2D eigenvalue weighted by Crippen LogP contribution is -2.20. The molecule has 0 heterocycles. The van der Waals surface area contributed by atoms with Gasteiger partial charge in [-0.15, -0.1) is 0 Å². The van der Waals surface area contributed by atoms with Gasteiger partial charge in [0.25, 0.3) is 0 Å². The van der Waals surface area contributed by atoms with E-state index in [0.29, 0.717) is 30.1 Å². The van der Waals surface area contributed by atoms with Crippen molar-refractivity contribution in [1.29, 1.82) is 0 Å². The van der Waals surface area contributed by atoms with Gasteiger partial charge in [0.15, 0.2) is 11.5 Å². The van der Waals surface area contributed by atoms with Crippen molar-refractivity contribution in [3.8, 4) is 11.5 Å². The quantitative estimate of drug-likeness (QED) is 0.150. The lowest BCUT2D eigenvalue weighted by atomic mass is 10.1. The van der Waals surface area contributed by atoms with Crippen LogP contribution in [0.5, 0.6) is 11.5 Å². The van der Waals surface area contributed by atoms with E-state index in [1.807, 2.05) is 25.1 Å². The van der Waals surface area contributed by atoms with Crippen LogP contribution >= 0.6 is 0 Å². The Morgan fingerprint density at radius 3 is 2.44 bits per heavy atom. The minimum atomic E-state index is -1.34. The Balaban J connectivity index is 1.98. The molecule has 0 saturated heterocycles. The Morgan fingerprint density at radius 2 is 1.78 bits per heavy atom. The Kier molecular flexibility index (Phi) is 10.3. The highest BCUT2D eigenvalue weighted by Gasteiger charge is 2.21. The molecule has 172 valence electrons. The van der Waals surface area contributed by atoms with Crippen LogP contribution in [0.3, 0.4) is 0 Å². The molecular weight excluding hydrogens is 408 g/mol. The summed E-state index contributed by atoms with van der Waals surface area (Å²) >= 11 is 0. The number of aliphatic carboxylic acids is 1. The maximum absolute atomic E-state index is 12.2. The maximum Gasteiger partial charge on any atom is 0.345 e. The van der Waals surface area contributed by atoms with Crippen LogP contribution in [0.1, 0.15) is 50.7 Å². The van der Waals surface area contributed by atoms with E-state index in [0.717, 1.165) is 25.7 Å². The second-order valence-electron chi connectivity index (χ2n) is 7.54. The number of carboxylic acids is 1. The molecule has 0 aliphatic heterocycles. The number of methoxy groups -OCH3 is 1. The van der Waals surface area contributed by atoms with Crippen LogP contribution in [-0.2, 0) is 20.7 Å². The van der Waals surface area contributed by atoms with Gasteiger partial charge in [-0.05, 0) is 68.4 Å². The molecule has 2 aromatic rings. The van der Waals surface area contributed by atoms with Crippen molar-refractivity contribution in [3.63, 3.8) is 0 Å². The Hall–Kier alpha value is -3.28. The zero-order valence-electron chi connectivity index (χ0n) is 19.0. The van der Waals surface area contributed by atoms with Crippen LogP contribution in [0.4, 0.5) is 0 Å². The monoisotopic (exact) mass is 440 g/mol. The molecule has 0 radical (unpaired) electrons. The minimum absolute atomic E-state index is 0.359. The van der Waals surface area contributed by atoms with Gasteiger partial charge in [0.2, 0.25) is 0 Å². The number of carbonyl (C=O) groups excluding carboxylic acids is 1. The molecular formula is C26H32O6. The highest BCUT2D eigenvalue weighted by atomic mass is 16.5. The molecule has 6 heteroatoms. The van der Waals surface area contributed by atoms with Gasteiger partial charge >= 0.3 is 11.9 Å². The first-order chi connectivity index (χ1) is 15.4. The van der Waals surface area contributed by atoms with Gasteiger partial charge in [-0.1, -0.05) is 43.3 Å². The first kappa shape index (κ1) is 25.0. The van der Waals surface area contributed by atoms with Crippen molar-refractivity contribution < 1.29 is 28.9 Å². The summed E-state index contributed by atoms with van der Waals surface area (Å²) in [5.74, 6) is -1.15. The number of hydrogen-bond acceptors (Lipinski definition) is 5. The van der Waals surface area contributed by atoms with Crippen LogP contribution in [0.2, 0.25) is 0 Å². The second kappa shape index (κ2) is 13.2. The first-order valence-electron chi connectivity index (χ1n) is 10.9. The van der Waals surface area contributed by atoms with Gasteiger partial charge in [0.05, 0.1) is 19.8 Å². The van der Waals surface area contributed by atoms with Crippen LogP contribution in [0, 0.1) is 0 Å².